The first-order chi connectivity index (χ1) is 8.77. The molecule has 1 heterocycles. The van der Waals surface area contributed by atoms with E-state index in [1.54, 1.807) is 18.4 Å². The average Bonchev–Trinajstić information content (AvgIpc) is 2.87. The Kier molecular flexibility index (Phi) is 8.25. The van der Waals surface area contributed by atoms with Crippen LogP contribution in [0.25, 0.3) is 0 Å². The molecule has 4 heteroatoms. The fraction of sp³-hybridized carbons (Fsp3) is 0.714. The molecule has 0 amide bonds. The monoisotopic (exact) mass is 270 g/mol. The highest BCUT2D eigenvalue weighted by molar-refractivity contribution is 7.07. The lowest BCUT2D eigenvalue weighted by molar-refractivity contribution is 0.103. The van der Waals surface area contributed by atoms with Gasteiger partial charge in [0, 0.05) is 26.2 Å². The lowest BCUT2D eigenvalue weighted by Gasteiger charge is -2.27. The minimum Gasteiger partial charge on any atom is -0.383 e. The predicted octanol–water partition coefficient (Wildman–Crippen LogP) is 2.24. The minimum absolute atomic E-state index is 0.499. The summed E-state index contributed by atoms with van der Waals surface area (Å²) in [6.45, 7) is 9.51. The summed E-state index contributed by atoms with van der Waals surface area (Å²) >= 11 is 1.77. The predicted molar refractivity (Wildman–Crippen MR) is 79.5 cm³/mol. The highest BCUT2D eigenvalue weighted by atomic mass is 32.1. The number of likely N-dealkylation sites (N-methyl/N-ethyl adjacent to an activating group) is 1. The maximum atomic E-state index is 5.20. The zero-order chi connectivity index (χ0) is 13.2. The van der Waals surface area contributed by atoms with Crippen molar-refractivity contribution in [1.29, 1.82) is 0 Å². The second-order valence-corrected chi connectivity index (χ2v) is 5.34. The first kappa shape index (κ1) is 15.6. The molecule has 0 spiro atoms. The molecule has 3 nitrogen and oxygen atoms in total. The van der Waals surface area contributed by atoms with Crippen LogP contribution >= 0.6 is 11.3 Å². The van der Waals surface area contributed by atoms with E-state index in [4.69, 9.17) is 4.74 Å². The maximum Gasteiger partial charge on any atom is 0.0615 e. The van der Waals surface area contributed by atoms with E-state index in [0.29, 0.717) is 6.04 Å². The molecule has 1 N–H and O–H groups in total. The van der Waals surface area contributed by atoms with Gasteiger partial charge in [-0.05, 0) is 48.8 Å². The van der Waals surface area contributed by atoms with E-state index in [0.717, 1.165) is 39.2 Å². The third-order valence-electron chi connectivity index (χ3n) is 3.18. The summed E-state index contributed by atoms with van der Waals surface area (Å²) in [5.41, 5.74) is 1.44. The largest absolute Gasteiger partial charge is 0.383 e. The van der Waals surface area contributed by atoms with Crippen LogP contribution in [0.3, 0.4) is 0 Å². The first-order valence-electron chi connectivity index (χ1n) is 6.72. The van der Waals surface area contributed by atoms with E-state index < -0.39 is 0 Å². The van der Waals surface area contributed by atoms with Gasteiger partial charge in [-0.2, -0.15) is 11.3 Å². The van der Waals surface area contributed by atoms with Gasteiger partial charge in [-0.3, -0.25) is 4.90 Å². The number of rotatable bonds is 10. The average molecular weight is 270 g/mol. The summed E-state index contributed by atoms with van der Waals surface area (Å²) in [6.07, 6.45) is 1.13. The third kappa shape index (κ3) is 5.96. The van der Waals surface area contributed by atoms with E-state index >= 15 is 0 Å². The van der Waals surface area contributed by atoms with Crippen molar-refractivity contribution < 1.29 is 4.74 Å². The molecular formula is C14H26N2OS. The highest BCUT2D eigenvalue weighted by Gasteiger charge is 2.10. The van der Waals surface area contributed by atoms with Crippen molar-refractivity contribution in [1.82, 2.24) is 10.2 Å². The molecule has 0 saturated carbocycles. The zero-order valence-corrected chi connectivity index (χ0v) is 12.6. The van der Waals surface area contributed by atoms with Gasteiger partial charge >= 0.3 is 0 Å². The molecule has 1 atom stereocenters. The Balaban J connectivity index is 2.08. The van der Waals surface area contributed by atoms with Crippen LogP contribution in [0.1, 0.15) is 19.4 Å². The molecular weight excluding hydrogens is 244 g/mol. The van der Waals surface area contributed by atoms with Crippen molar-refractivity contribution in [2.75, 3.05) is 39.9 Å². The van der Waals surface area contributed by atoms with Crippen LogP contribution in [0, 0.1) is 0 Å². The molecule has 104 valence electrons. The van der Waals surface area contributed by atoms with Gasteiger partial charge in [0.15, 0.2) is 0 Å². The van der Waals surface area contributed by atoms with Gasteiger partial charge in [0.1, 0.15) is 0 Å². The molecule has 1 aromatic heterocycles. The molecule has 18 heavy (non-hydrogen) atoms. The van der Waals surface area contributed by atoms with E-state index in [9.17, 15) is 0 Å². The van der Waals surface area contributed by atoms with Crippen molar-refractivity contribution in [3.05, 3.63) is 22.4 Å². The summed E-state index contributed by atoms with van der Waals surface area (Å²) < 4.78 is 5.20. The third-order valence-corrected chi connectivity index (χ3v) is 3.92. The van der Waals surface area contributed by atoms with Crippen LogP contribution in [0.2, 0.25) is 0 Å². The van der Waals surface area contributed by atoms with Crippen molar-refractivity contribution in [3.8, 4) is 0 Å². The molecule has 0 aromatic carbocycles. The van der Waals surface area contributed by atoms with E-state index in [-0.39, 0.29) is 0 Å². The quantitative estimate of drug-likeness (QED) is 0.660. The SMILES string of the molecule is CCN(CCNCCc1ccsc1)C(C)COC. The zero-order valence-electron chi connectivity index (χ0n) is 11.8. The molecule has 0 saturated heterocycles. The lowest BCUT2D eigenvalue weighted by Crippen LogP contribution is -2.40. The molecule has 0 aliphatic carbocycles. The summed E-state index contributed by atoms with van der Waals surface area (Å²) in [4.78, 5) is 2.45. The highest BCUT2D eigenvalue weighted by Crippen LogP contribution is 2.05. The molecule has 0 bridgehead atoms. The van der Waals surface area contributed by atoms with Gasteiger partial charge in [0.2, 0.25) is 0 Å². The van der Waals surface area contributed by atoms with Gasteiger partial charge in [-0.25, -0.2) is 0 Å². The Morgan fingerprint density at radius 3 is 2.89 bits per heavy atom. The van der Waals surface area contributed by atoms with Gasteiger partial charge in [-0.1, -0.05) is 6.92 Å². The van der Waals surface area contributed by atoms with Crippen LogP contribution in [0.4, 0.5) is 0 Å². The Labute approximate surface area is 115 Å². The van der Waals surface area contributed by atoms with Crippen LogP contribution in [-0.4, -0.2) is 50.8 Å². The fourth-order valence-corrected chi connectivity index (χ4v) is 2.76. The van der Waals surface area contributed by atoms with Crippen molar-refractivity contribution in [2.24, 2.45) is 0 Å². The summed E-state index contributed by atoms with van der Waals surface area (Å²) in [7, 11) is 1.77. The Bertz CT molecular complexity index is 290. The van der Waals surface area contributed by atoms with Gasteiger partial charge in [0.25, 0.3) is 0 Å². The van der Waals surface area contributed by atoms with Gasteiger partial charge in [-0.15, -0.1) is 0 Å². The minimum atomic E-state index is 0.499. The molecule has 1 rings (SSSR count). The van der Waals surface area contributed by atoms with Gasteiger partial charge < -0.3 is 10.1 Å². The van der Waals surface area contributed by atoms with E-state index in [1.807, 2.05) is 0 Å². The molecule has 0 aliphatic rings. The first-order valence-corrected chi connectivity index (χ1v) is 7.67. The van der Waals surface area contributed by atoms with Crippen LogP contribution in [0.5, 0.6) is 0 Å². The Morgan fingerprint density at radius 2 is 2.28 bits per heavy atom. The Hall–Kier alpha value is -0.420. The summed E-state index contributed by atoms with van der Waals surface area (Å²) in [6, 6.07) is 2.70. The maximum absolute atomic E-state index is 5.20. The number of hydrogen-bond donors (Lipinski definition) is 1. The van der Waals surface area contributed by atoms with Crippen LogP contribution < -0.4 is 5.32 Å². The topological polar surface area (TPSA) is 24.5 Å². The summed E-state index contributed by atoms with van der Waals surface area (Å²) in [5.74, 6) is 0. The number of thiophene rings is 1. The Morgan fingerprint density at radius 1 is 1.44 bits per heavy atom. The number of ether oxygens (including phenoxy) is 1. The van der Waals surface area contributed by atoms with Crippen molar-refractivity contribution in [3.63, 3.8) is 0 Å². The molecule has 1 aromatic rings. The molecule has 1 unspecified atom stereocenters. The normalized spacial score (nSPS) is 13.1. The molecule has 0 fully saturated rings. The lowest BCUT2D eigenvalue weighted by atomic mass is 10.2. The van der Waals surface area contributed by atoms with Crippen molar-refractivity contribution in [2.45, 2.75) is 26.3 Å². The standard InChI is InChI=1S/C14H26N2OS/c1-4-16(13(2)11-17-3)9-8-15-7-5-14-6-10-18-12-14/h6,10,12-13,15H,4-5,7-9,11H2,1-3H3. The molecule has 0 radical (unpaired) electrons. The van der Waals surface area contributed by atoms with Crippen LogP contribution in [0.15, 0.2) is 16.8 Å². The van der Waals surface area contributed by atoms with Crippen molar-refractivity contribution >= 4 is 11.3 Å². The number of hydrogen-bond acceptors (Lipinski definition) is 4. The van der Waals surface area contributed by atoms with E-state index in [1.165, 1.54) is 5.56 Å². The number of nitrogens with one attached hydrogen (secondary N) is 1. The second-order valence-electron chi connectivity index (χ2n) is 4.56. The number of nitrogens with zero attached hydrogens (tertiary/aromatic N) is 1. The second kappa shape index (κ2) is 9.50. The van der Waals surface area contributed by atoms with Crippen LogP contribution in [-0.2, 0) is 11.2 Å². The molecule has 0 aliphatic heterocycles. The van der Waals surface area contributed by atoms with Gasteiger partial charge in [0.05, 0.1) is 6.61 Å². The number of methoxy groups -OCH3 is 1. The van der Waals surface area contributed by atoms with E-state index in [2.05, 4.69) is 40.9 Å². The summed E-state index contributed by atoms with van der Waals surface area (Å²) in [5, 5.41) is 7.87. The smallest absolute Gasteiger partial charge is 0.0615 e. The fourth-order valence-electron chi connectivity index (χ4n) is 2.05.